The van der Waals surface area contributed by atoms with Gasteiger partial charge in [0.1, 0.15) is 11.9 Å². The number of carbonyl (C=O) groups is 1. The standard InChI is InChI=1S/C22H28N2O4.C6H6O3S/c25-18-9-7-17(8-10-18)22(20-5-1-3-13-23-20)28-19-11-15-24(16-12-19)14-4-2-6-21(26)27;7-10(8,9)6-4-2-1-3-5-6/h1,3,5,7-10,13,19,22,25H,2,4,6,11-12,14-16H2,(H,26,27);1-5H,(H,7,8,9). The summed E-state index contributed by atoms with van der Waals surface area (Å²) in [6.45, 7) is 2.87. The first-order chi connectivity index (χ1) is 18.2. The minimum absolute atomic E-state index is 0.0741. The van der Waals surface area contributed by atoms with Gasteiger partial charge in [0.2, 0.25) is 0 Å². The zero-order chi connectivity index (χ0) is 27.4. The first-order valence-corrected chi connectivity index (χ1v) is 14.0. The van der Waals surface area contributed by atoms with Gasteiger partial charge >= 0.3 is 5.97 Å². The van der Waals surface area contributed by atoms with Crippen molar-refractivity contribution in [1.29, 1.82) is 0 Å². The lowest BCUT2D eigenvalue weighted by atomic mass is 10.0. The topological polar surface area (TPSA) is 137 Å². The highest BCUT2D eigenvalue weighted by Crippen LogP contribution is 2.30. The Kier molecular flexibility index (Phi) is 11.2. The van der Waals surface area contributed by atoms with Gasteiger partial charge in [-0.1, -0.05) is 36.4 Å². The molecule has 1 aliphatic heterocycles. The average Bonchev–Trinajstić information content (AvgIpc) is 2.92. The molecule has 38 heavy (non-hydrogen) atoms. The van der Waals surface area contributed by atoms with Crippen molar-refractivity contribution in [2.45, 2.75) is 49.2 Å². The number of hydrogen-bond donors (Lipinski definition) is 3. The third-order valence-corrected chi connectivity index (χ3v) is 7.04. The number of benzene rings is 2. The number of carboxylic acid groups (broad SMARTS) is 1. The summed E-state index contributed by atoms with van der Waals surface area (Å²) in [6, 6.07) is 20.3. The molecule has 3 aromatic rings. The van der Waals surface area contributed by atoms with Gasteiger partial charge in [-0.3, -0.25) is 14.3 Å². The normalized spacial score (nSPS) is 15.3. The van der Waals surface area contributed by atoms with Crippen molar-refractivity contribution in [3.8, 4) is 5.75 Å². The number of hydrogen-bond acceptors (Lipinski definition) is 7. The van der Waals surface area contributed by atoms with Crippen LogP contribution in [0.5, 0.6) is 5.75 Å². The molecule has 0 spiro atoms. The number of phenols is 1. The van der Waals surface area contributed by atoms with E-state index in [0.717, 1.165) is 56.6 Å². The molecule has 3 N–H and O–H groups in total. The van der Waals surface area contributed by atoms with Crippen molar-refractivity contribution >= 4 is 16.1 Å². The van der Waals surface area contributed by atoms with Gasteiger partial charge in [-0.2, -0.15) is 8.42 Å². The fourth-order valence-corrected chi connectivity index (χ4v) is 4.67. The second-order valence-electron chi connectivity index (χ2n) is 9.04. The fourth-order valence-electron chi connectivity index (χ4n) is 4.16. The maximum atomic E-state index is 10.6. The molecular formula is C28H34N2O7S. The van der Waals surface area contributed by atoms with Gasteiger partial charge in [-0.15, -0.1) is 0 Å². The Bertz CT molecular complexity index is 1220. The predicted molar refractivity (Wildman–Crippen MR) is 142 cm³/mol. The monoisotopic (exact) mass is 542 g/mol. The molecule has 0 amide bonds. The maximum Gasteiger partial charge on any atom is 0.303 e. The largest absolute Gasteiger partial charge is 0.508 e. The molecule has 4 rings (SSSR count). The average molecular weight is 543 g/mol. The second kappa shape index (κ2) is 14.6. The minimum Gasteiger partial charge on any atom is -0.508 e. The van der Waals surface area contributed by atoms with E-state index in [9.17, 15) is 18.3 Å². The SMILES string of the molecule is O=C(O)CCCCN1CCC(OC(c2ccc(O)cc2)c2ccccn2)CC1.O=S(=O)(O)c1ccccc1. The number of likely N-dealkylation sites (tertiary alicyclic amines) is 1. The van der Waals surface area contributed by atoms with Crippen molar-refractivity contribution in [2.24, 2.45) is 0 Å². The predicted octanol–water partition coefficient (Wildman–Crippen LogP) is 4.55. The molecule has 1 unspecified atom stereocenters. The lowest BCUT2D eigenvalue weighted by Crippen LogP contribution is -2.38. The zero-order valence-corrected chi connectivity index (χ0v) is 21.9. The van der Waals surface area contributed by atoms with E-state index in [1.807, 2.05) is 30.3 Å². The van der Waals surface area contributed by atoms with Gasteiger partial charge in [0.25, 0.3) is 10.1 Å². The van der Waals surface area contributed by atoms with E-state index in [1.165, 1.54) is 12.1 Å². The molecular weight excluding hydrogens is 508 g/mol. The zero-order valence-electron chi connectivity index (χ0n) is 21.1. The lowest BCUT2D eigenvalue weighted by Gasteiger charge is -2.34. The number of aromatic nitrogens is 1. The Balaban J connectivity index is 0.000000336. The summed E-state index contributed by atoms with van der Waals surface area (Å²) in [7, 11) is -4.00. The van der Waals surface area contributed by atoms with Gasteiger partial charge in [0.15, 0.2) is 0 Å². The first kappa shape index (κ1) is 29.2. The Morgan fingerprint density at radius 3 is 2.18 bits per heavy atom. The molecule has 0 aliphatic carbocycles. The van der Waals surface area contributed by atoms with Crippen LogP contribution in [0, 0.1) is 0 Å². The number of aromatic hydroxyl groups is 1. The number of ether oxygens (including phenoxy) is 1. The highest BCUT2D eigenvalue weighted by Gasteiger charge is 2.25. The van der Waals surface area contributed by atoms with E-state index in [4.69, 9.17) is 14.4 Å². The Labute approximate surface area is 223 Å². The van der Waals surface area contributed by atoms with E-state index < -0.39 is 16.1 Å². The maximum absolute atomic E-state index is 10.6. The molecule has 0 bridgehead atoms. The van der Waals surface area contributed by atoms with Crippen LogP contribution in [0.25, 0.3) is 0 Å². The van der Waals surface area contributed by atoms with Crippen LogP contribution in [-0.4, -0.2) is 64.8 Å². The molecule has 1 aliphatic rings. The number of aliphatic carboxylic acids is 1. The fraction of sp³-hybridized carbons (Fsp3) is 0.357. The summed E-state index contributed by atoms with van der Waals surface area (Å²) in [5.74, 6) is -0.485. The molecule has 2 heterocycles. The summed E-state index contributed by atoms with van der Waals surface area (Å²) in [5, 5.41) is 18.3. The van der Waals surface area contributed by atoms with Gasteiger partial charge in [-0.05, 0) is 74.2 Å². The van der Waals surface area contributed by atoms with E-state index in [1.54, 1.807) is 36.5 Å². The summed E-state index contributed by atoms with van der Waals surface area (Å²) in [6.07, 6.45) is 5.45. The molecule has 1 saturated heterocycles. The van der Waals surface area contributed by atoms with Crippen molar-refractivity contribution in [2.75, 3.05) is 19.6 Å². The summed E-state index contributed by atoms with van der Waals surface area (Å²) in [5.41, 5.74) is 1.84. The van der Waals surface area contributed by atoms with Gasteiger partial charge < -0.3 is 19.8 Å². The second-order valence-corrected chi connectivity index (χ2v) is 10.5. The van der Waals surface area contributed by atoms with E-state index >= 15 is 0 Å². The summed E-state index contributed by atoms with van der Waals surface area (Å²) in [4.78, 5) is 17.4. The Morgan fingerprint density at radius 2 is 1.63 bits per heavy atom. The lowest BCUT2D eigenvalue weighted by molar-refractivity contribution is -0.137. The van der Waals surface area contributed by atoms with Gasteiger partial charge in [0.05, 0.1) is 16.7 Å². The first-order valence-electron chi connectivity index (χ1n) is 12.5. The van der Waals surface area contributed by atoms with Crippen LogP contribution >= 0.6 is 0 Å². The molecule has 1 aromatic heterocycles. The van der Waals surface area contributed by atoms with Crippen LogP contribution in [0.4, 0.5) is 0 Å². The van der Waals surface area contributed by atoms with Crippen LogP contribution < -0.4 is 0 Å². The number of piperidine rings is 1. The van der Waals surface area contributed by atoms with Gasteiger partial charge in [-0.25, -0.2) is 0 Å². The van der Waals surface area contributed by atoms with E-state index in [0.29, 0.717) is 0 Å². The highest BCUT2D eigenvalue weighted by molar-refractivity contribution is 7.85. The number of nitrogens with zero attached hydrogens (tertiary/aromatic N) is 2. The molecule has 10 heteroatoms. The summed E-state index contributed by atoms with van der Waals surface area (Å²) < 4.78 is 35.7. The van der Waals surface area contributed by atoms with Crippen LogP contribution in [0.2, 0.25) is 0 Å². The third-order valence-electron chi connectivity index (χ3n) is 6.17. The molecule has 204 valence electrons. The Morgan fingerprint density at radius 1 is 0.974 bits per heavy atom. The minimum atomic E-state index is -4.00. The van der Waals surface area contributed by atoms with Crippen molar-refractivity contribution < 1.29 is 32.7 Å². The molecule has 0 radical (unpaired) electrons. The number of carboxylic acids is 1. The number of unbranched alkanes of at least 4 members (excludes halogenated alkanes) is 1. The van der Waals surface area contributed by atoms with Crippen molar-refractivity contribution in [1.82, 2.24) is 9.88 Å². The van der Waals surface area contributed by atoms with Gasteiger partial charge in [0, 0.05) is 25.7 Å². The van der Waals surface area contributed by atoms with E-state index in [2.05, 4.69) is 9.88 Å². The molecule has 0 saturated carbocycles. The third kappa shape index (κ3) is 9.86. The molecule has 1 fully saturated rings. The molecule has 9 nitrogen and oxygen atoms in total. The summed E-state index contributed by atoms with van der Waals surface area (Å²) >= 11 is 0. The van der Waals surface area contributed by atoms with Crippen LogP contribution in [-0.2, 0) is 19.6 Å². The number of phenolic OH excluding ortho intramolecular Hbond substituents is 1. The quantitative estimate of drug-likeness (QED) is 0.249. The van der Waals surface area contributed by atoms with Crippen LogP contribution in [0.3, 0.4) is 0 Å². The number of pyridine rings is 1. The Hall–Kier alpha value is -3.31. The van der Waals surface area contributed by atoms with Crippen molar-refractivity contribution in [3.63, 3.8) is 0 Å². The molecule has 1 atom stereocenters. The van der Waals surface area contributed by atoms with Crippen molar-refractivity contribution in [3.05, 3.63) is 90.3 Å². The molecule has 2 aromatic carbocycles. The van der Waals surface area contributed by atoms with Crippen LogP contribution in [0.1, 0.15) is 49.5 Å². The smallest absolute Gasteiger partial charge is 0.303 e. The highest BCUT2D eigenvalue weighted by atomic mass is 32.2. The number of rotatable bonds is 10. The van der Waals surface area contributed by atoms with Crippen LogP contribution in [0.15, 0.2) is 83.9 Å². The van der Waals surface area contributed by atoms with E-state index in [-0.39, 0.29) is 29.3 Å².